The normalized spacial score (nSPS) is 19.6. The van der Waals surface area contributed by atoms with E-state index < -0.39 is 0 Å². The van der Waals surface area contributed by atoms with Gasteiger partial charge in [-0.15, -0.1) is 0 Å². The first kappa shape index (κ1) is 18.0. The van der Waals surface area contributed by atoms with Crippen molar-refractivity contribution in [1.29, 1.82) is 0 Å². The number of aromatic nitrogens is 1. The van der Waals surface area contributed by atoms with Crippen molar-refractivity contribution in [2.75, 3.05) is 20.2 Å². The van der Waals surface area contributed by atoms with Crippen LogP contribution in [-0.2, 0) is 17.9 Å². The zero-order chi connectivity index (χ0) is 18.7. The molecule has 0 N–H and O–H groups in total. The van der Waals surface area contributed by atoms with Crippen molar-refractivity contribution in [3.8, 4) is 5.75 Å². The van der Waals surface area contributed by atoms with Gasteiger partial charge in [-0.1, -0.05) is 12.1 Å². The van der Waals surface area contributed by atoms with E-state index in [0.717, 1.165) is 44.6 Å². The van der Waals surface area contributed by atoms with Gasteiger partial charge in [-0.05, 0) is 54.7 Å². The van der Waals surface area contributed by atoms with Crippen LogP contribution in [0.5, 0.6) is 5.75 Å². The smallest absolute Gasteiger partial charge is 0.223 e. The molecule has 27 heavy (non-hydrogen) atoms. The molecule has 1 amide bonds. The predicted molar refractivity (Wildman–Crippen MR) is 104 cm³/mol. The molecule has 142 valence electrons. The third-order valence-electron chi connectivity index (χ3n) is 6.12. The van der Waals surface area contributed by atoms with Crippen molar-refractivity contribution < 1.29 is 9.53 Å². The molecular formula is C22H27N3O2. The van der Waals surface area contributed by atoms with E-state index >= 15 is 0 Å². The zero-order valence-corrected chi connectivity index (χ0v) is 15.9. The van der Waals surface area contributed by atoms with Gasteiger partial charge in [0, 0.05) is 50.5 Å². The minimum Gasteiger partial charge on any atom is -0.497 e. The van der Waals surface area contributed by atoms with Gasteiger partial charge in [-0.25, -0.2) is 0 Å². The second-order valence-corrected chi connectivity index (χ2v) is 7.68. The number of piperidine rings is 1. The highest BCUT2D eigenvalue weighted by atomic mass is 16.5. The van der Waals surface area contributed by atoms with E-state index in [4.69, 9.17) is 4.74 Å². The summed E-state index contributed by atoms with van der Waals surface area (Å²) in [4.78, 5) is 21.3. The highest BCUT2D eigenvalue weighted by Crippen LogP contribution is 2.40. The maximum absolute atomic E-state index is 12.6. The fraction of sp³-hybridized carbons (Fsp3) is 0.455. The first-order valence-corrected chi connectivity index (χ1v) is 9.73. The van der Waals surface area contributed by atoms with Crippen LogP contribution >= 0.6 is 0 Å². The number of benzene rings is 1. The number of methoxy groups -OCH3 is 1. The maximum Gasteiger partial charge on any atom is 0.223 e. The second kappa shape index (κ2) is 7.69. The van der Waals surface area contributed by atoms with E-state index in [-0.39, 0.29) is 5.54 Å². The summed E-state index contributed by atoms with van der Waals surface area (Å²) < 4.78 is 5.24. The van der Waals surface area contributed by atoms with Crippen LogP contribution in [0.3, 0.4) is 0 Å². The number of amides is 1. The summed E-state index contributed by atoms with van der Waals surface area (Å²) in [7, 11) is 1.69. The molecule has 2 aromatic rings. The topological polar surface area (TPSA) is 45.7 Å². The number of hydrogen-bond donors (Lipinski definition) is 0. The molecule has 0 radical (unpaired) electrons. The monoisotopic (exact) mass is 365 g/mol. The summed E-state index contributed by atoms with van der Waals surface area (Å²) >= 11 is 0. The van der Waals surface area contributed by atoms with E-state index in [1.54, 1.807) is 19.5 Å². The van der Waals surface area contributed by atoms with E-state index in [0.29, 0.717) is 18.9 Å². The van der Waals surface area contributed by atoms with E-state index in [1.165, 1.54) is 11.1 Å². The van der Waals surface area contributed by atoms with Crippen molar-refractivity contribution in [3.63, 3.8) is 0 Å². The van der Waals surface area contributed by atoms with Gasteiger partial charge in [0.2, 0.25) is 5.91 Å². The largest absolute Gasteiger partial charge is 0.497 e. The molecule has 0 aliphatic carbocycles. The molecule has 0 unspecified atom stereocenters. The number of likely N-dealkylation sites (tertiary alicyclic amines) is 2. The zero-order valence-electron chi connectivity index (χ0n) is 15.9. The number of carbonyl (C=O) groups excluding carboxylic acids is 1. The van der Waals surface area contributed by atoms with E-state index in [1.807, 2.05) is 24.3 Å². The molecule has 1 aromatic carbocycles. The molecule has 5 nitrogen and oxygen atoms in total. The molecule has 1 aromatic heterocycles. The number of rotatable bonds is 5. The lowest BCUT2D eigenvalue weighted by molar-refractivity contribution is -0.133. The van der Waals surface area contributed by atoms with Crippen LogP contribution in [0.15, 0.2) is 48.8 Å². The van der Waals surface area contributed by atoms with Crippen molar-refractivity contribution in [2.24, 2.45) is 0 Å². The lowest BCUT2D eigenvalue weighted by Crippen LogP contribution is -2.52. The predicted octanol–water partition coefficient (Wildman–Crippen LogP) is 3.25. The van der Waals surface area contributed by atoms with Crippen LogP contribution in [0.25, 0.3) is 0 Å². The van der Waals surface area contributed by atoms with E-state index in [9.17, 15) is 4.79 Å². The summed E-state index contributed by atoms with van der Waals surface area (Å²) in [5.41, 5.74) is 2.51. The highest BCUT2D eigenvalue weighted by molar-refractivity contribution is 5.79. The van der Waals surface area contributed by atoms with Crippen molar-refractivity contribution >= 4 is 5.91 Å². The average Bonchev–Trinajstić information content (AvgIpc) is 3.01. The number of pyridine rings is 1. The van der Waals surface area contributed by atoms with Gasteiger partial charge in [0.25, 0.3) is 0 Å². The molecule has 2 aliphatic rings. The molecule has 4 rings (SSSR count). The summed E-state index contributed by atoms with van der Waals surface area (Å²) in [5.74, 6) is 1.20. The van der Waals surface area contributed by atoms with Gasteiger partial charge in [-0.2, -0.15) is 0 Å². The van der Waals surface area contributed by atoms with Crippen LogP contribution in [0.2, 0.25) is 0 Å². The Labute approximate surface area is 161 Å². The van der Waals surface area contributed by atoms with Gasteiger partial charge < -0.3 is 9.64 Å². The van der Waals surface area contributed by atoms with Gasteiger partial charge in [0.05, 0.1) is 7.11 Å². The second-order valence-electron chi connectivity index (χ2n) is 7.68. The molecule has 3 heterocycles. The summed E-state index contributed by atoms with van der Waals surface area (Å²) in [6.07, 6.45) is 7.40. The van der Waals surface area contributed by atoms with Gasteiger partial charge >= 0.3 is 0 Å². The van der Waals surface area contributed by atoms with Crippen LogP contribution in [0.1, 0.15) is 36.8 Å². The Hall–Kier alpha value is -2.40. The minimum absolute atomic E-state index is 0.0385. The molecular weight excluding hydrogens is 338 g/mol. The lowest BCUT2D eigenvalue weighted by Gasteiger charge is -2.45. The first-order valence-electron chi connectivity index (χ1n) is 9.73. The minimum atomic E-state index is 0.0385. The highest BCUT2D eigenvalue weighted by Gasteiger charge is 2.46. The number of hydrogen-bond acceptors (Lipinski definition) is 4. The Morgan fingerprint density at radius 3 is 2.30 bits per heavy atom. The van der Waals surface area contributed by atoms with Crippen LogP contribution in [0, 0.1) is 0 Å². The Balaban J connectivity index is 1.39. The van der Waals surface area contributed by atoms with Crippen LogP contribution in [-0.4, -0.2) is 46.4 Å². The number of ether oxygens (including phenoxy) is 1. The van der Waals surface area contributed by atoms with Crippen LogP contribution < -0.4 is 4.74 Å². The Kier molecular flexibility index (Phi) is 5.12. The van der Waals surface area contributed by atoms with Crippen molar-refractivity contribution in [3.05, 3.63) is 59.9 Å². The molecule has 0 bridgehead atoms. The van der Waals surface area contributed by atoms with Gasteiger partial charge in [0.1, 0.15) is 5.75 Å². The Morgan fingerprint density at radius 2 is 1.63 bits per heavy atom. The van der Waals surface area contributed by atoms with Crippen LogP contribution in [0.4, 0.5) is 0 Å². The third kappa shape index (κ3) is 3.83. The molecule has 1 spiro atoms. The summed E-state index contributed by atoms with van der Waals surface area (Å²) in [5, 5.41) is 0. The maximum atomic E-state index is 12.6. The van der Waals surface area contributed by atoms with Crippen molar-refractivity contribution in [2.45, 2.75) is 44.3 Å². The van der Waals surface area contributed by atoms with E-state index in [2.05, 4.69) is 26.9 Å². The quantitative estimate of drug-likeness (QED) is 0.816. The molecule has 0 saturated carbocycles. The SMILES string of the molecule is COc1ccc(CN2CCC3(CCC(=O)N3Cc3ccncc3)CC2)cc1. The molecule has 5 heteroatoms. The average molecular weight is 365 g/mol. The lowest BCUT2D eigenvalue weighted by atomic mass is 9.84. The number of carbonyl (C=O) groups is 1. The Morgan fingerprint density at radius 1 is 0.963 bits per heavy atom. The standard InChI is InChI=1S/C22H27N3O2/c1-27-20-4-2-18(3-5-20)16-24-14-10-22(11-15-24)9-6-21(26)25(22)17-19-7-12-23-13-8-19/h2-5,7-8,12-13H,6,9-11,14-17H2,1H3. The first-order chi connectivity index (χ1) is 13.2. The Bertz CT molecular complexity index is 768. The molecule has 2 aliphatic heterocycles. The fourth-order valence-corrected chi connectivity index (χ4v) is 4.44. The molecule has 0 atom stereocenters. The number of nitrogens with zero attached hydrogens (tertiary/aromatic N) is 3. The molecule has 2 saturated heterocycles. The van der Waals surface area contributed by atoms with Gasteiger partial charge in [0.15, 0.2) is 0 Å². The fourth-order valence-electron chi connectivity index (χ4n) is 4.44. The molecule has 2 fully saturated rings. The summed E-state index contributed by atoms with van der Waals surface area (Å²) in [6.45, 7) is 3.73. The summed E-state index contributed by atoms with van der Waals surface area (Å²) in [6, 6.07) is 12.3. The third-order valence-corrected chi connectivity index (χ3v) is 6.12. The van der Waals surface area contributed by atoms with Gasteiger partial charge in [-0.3, -0.25) is 14.7 Å². The van der Waals surface area contributed by atoms with Crippen molar-refractivity contribution in [1.82, 2.24) is 14.8 Å².